The molecule has 1 heterocycles. The van der Waals surface area contributed by atoms with Gasteiger partial charge in [-0.1, -0.05) is 6.07 Å². The van der Waals surface area contributed by atoms with Crippen molar-refractivity contribution in [2.75, 3.05) is 5.32 Å². The maximum Gasteiger partial charge on any atom is 0.256 e. The molecule has 0 aliphatic heterocycles. The van der Waals surface area contributed by atoms with Gasteiger partial charge in [-0.3, -0.25) is 4.79 Å². The maximum atomic E-state index is 11.9. The standard InChI is InChI=1S/C14H14N2O2/c1-9-5-6-15-13(7-9)16-14(18)11-4-3-10(2)12(17)8-11/h3-8,17H,1-2H3,(H,15,16,18). The van der Waals surface area contributed by atoms with E-state index < -0.39 is 0 Å². The van der Waals surface area contributed by atoms with Gasteiger partial charge in [0, 0.05) is 11.8 Å². The van der Waals surface area contributed by atoms with Gasteiger partial charge in [0.2, 0.25) is 0 Å². The van der Waals surface area contributed by atoms with Gasteiger partial charge in [0.1, 0.15) is 11.6 Å². The first-order valence-corrected chi connectivity index (χ1v) is 5.60. The highest BCUT2D eigenvalue weighted by molar-refractivity contribution is 6.04. The summed E-state index contributed by atoms with van der Waals surface area (Å²) in [6.45, 7) is 3.70. The molecule has 2 rings (SSSR count). The Morgan fingerprint density at radius 3 is 2.67 bits per heavy atom. The average Bonchev–Trinajstić information content (AvgIpc) is 2.32. The highest BCUT2D eigenvalue weighted by Crippen LogP contribution is 2.18. The summed E-state index contributed by atoms with van der Waals surface area (Å²) in [6.07, 6.45) is 1.64. The summed E-state index contributed by atoms with van der Waals surface area (Å²) >= 11 is 0. The third-order valence-corrected chi connectivity index (χ3v) is 2.63. The largest absolute Gasteiger partial charge is 0.508 e. The summed E-state index contributed by atoms with van der Waals surface area (Å²) in [5.41, 5.74) is 2.16. The predicted octanol–water partition coefficient (Wildman–Crippen LogP) is 2.66. The zero-order chi connectivity index (χ0) is 13.1. The van der Waals surface area contributed by atoms with Crippen molar-refractivity contribution in [1.29, 1.82) is 0 Å². The van der Waals surface area contributed by atoms with Crippen molar-refractivity contribution in [3.05, 3.63) is 53.2 Å². The lowest BCUT2D eigenvalue weighted by Gasteiger charge is -2.06. The molecule has 2 aromatic rings. The third kappa shape index (κ3) is 2.66. The van der Waals surface area contributed by atoms with Gasteiger partial charge in [0.05, 0.1) is 0 Å². The topological polar surface area (TPSA) is 62.2 Å². The first-order valence-electron chi connectivity index (χ1n) is 5.60. The molecular formula is C14H14N2O2. The van der Waals surface area contributed by atoms with E-state index in [9.17, 15) is 9.90 Å². The van der Waals surface area contributed by atoms with E-state index in [2.05, 4.69) is 10.3 Å². The van der Waals surface area contributed by atoms with Crippen LogP contribution in [-0.2, 0) is 0 Å². The van der Waals surface area contributed by atoms with Crippen LogP contribution in [0.4, 0.5) is 5.82 Å². The molecule has 1 aromatic carbocycles. The summed E-state index contributed by atoms with van der Waals surface area (Å²) in [6, 6.07) is 8.45. The van der Waals surface area contributed by atoms with Gasteiger partial charge in [-0.2, -0.15) is 0 Å². The molecule has 4 heteroatoms. The molecule has 0 radical (unpaired) electrons. The number of nitrogens with one attached hydrogen (secondary N) is 1. The summed E-state index contributed by atoms with van der Waals surface area (Å²) in [4.78, 5) is 16.0. The summed E-state index contributed by atoms with van der Waals surface area (Å²) in [7, 11) is 0. The Balaban J connectivity index is 2.19. The molecule has 0 saturated heterocycles. The number of phenols is 1. The van der Waals surface area contributed by atoms with Crippen LogP contribution in [-0.4, -0.2) is 16.0 Å². The number of rotatable bonds is 2. The molecule has 0 saturated carbocycles. The molecule has 1 aromatic heterocycles. The van der Waals surface area contributed by atoms with E-state index in [1.54, 1.807) is 31.3 Å². The van der Waals surface area contributed by atoms with E-state index >= 15 is 0 Å². The second-order valence-corrected chi connectivity index (χ2v) is 4.17. The van der Waals surface area contributed by atoms with Crippen molar-refractivity contribution < 1.29 is 9.90 Å². The second-order valence-electron chi connectivity index (χ2n) is 4.17. The number of aromatic nitrogens is 1. The Morgan fingerprint density at radius 2 is 2.00 bits per heavy atom. The lowest BCUT2D eigenvalue weighted by atomic mass is 10.1. The SMILES string of the molecule is Cc1ccnc(NC(=O)c2ccc(C)c(O)c2)c1. The predicted molar refractivity (Wildman–Crippen MR) is 69.8 cm³/mol. The van der Waals surface area contributed by atoms with Crippen LogP contribution in [0.3, 0.4) is 0 Å². The van der Waals surface area contributed by atoms with Crippen molar-refractivity contribution in [2.24, 2.45) is 0 Å². The smallest absolute Gasteiger partial charge is 0.256 e. The molecule has 0 atom stereocenters. The molecule has 0 spiro atoms. The minimum absolute atomic E-state index is 0.111. The Bertz CT molecular complexity index is 594. The van der Waals surface area contributed by atoms with E-state index in [0.717, 1.165) is 11.1 Å². The molecule has 0 aliphatic rings. The van der Waals surface area contributed by atoms with E-state index in [-0.39, 0.29) is 11.7 Å². The number of anilines is 1. The molecule has 18 heavy (non-hydrogen) atoms. The van der Waals surface area contributed by atoms with Gasteiger partial charge < -0.3 is 10.4 Å². The third-order valence-electron chi connectivity index (χ3n) is 2.63. The fourth-order valence-electron chi connectivity index (χ4n) is 1.54. The van der Waals surface area contributed by atoms with Crippen LogP contribution < -0.4 is 5.32 Å². The summed E-state index contributed by atoms with van der Waals surface area (Å²) < 4.78 is 0. The zero-order valence-electron chi connectivity index (χ0n) is 10.3. The average molecular weight is 242 g/mol. The number of pyridine rings is 1. The van der Waals surface area contributed by atoms with Crippen LogP contribution in [0, 0.1) is 13.8 Å². The number of aromatic hydroxyl groups is 1. The van der Waals surface area contributed by atoms with Crippen molar-refractivity contribution in [2.45, 2.75) is 13.8 Å². The molecule has 2 N–H and O–H groups in total. The van der Waals surface area contributed by atoms with Crippen LogP contribution in [0.15, 0.2) is 36.5 Å². The quantitative estimate of drug-likeness (QED) is 0.851. The van der Waals surface area contributed by atoms with E-state index in [4.69, 9.17) is 0 Å². The molecular weight excluding hydrogens is 228 g/mol. The first-order chi connectivity index (χ1) is 8.56. The normalized spacial score (nSPS) is 10.1. The number of amides is 1. The van der Waals surface area contributed by atoms with Crippen LogP contribution in [0.5, 0.6) is 5.75 Å². The van der Waals surface area contributed by atoms with Crippen LogP contribution in [0.25, 0.3) is 0 Å². The lowest BCUT2D eigenvalue weighted by Crippen LogP contribution is -2.12. The number of hydrogen-bond acceptors (Lipinski definition) is 3. The number of nitrogens with zero attached hydrogens (tertiary/aromatic N) is 1. The lowest BCUT2D eigenvalue weighted by molar-refractivity contribution is 0.102. The van der Waals surface area contributed by atoms with Crippen molar-refractivity contribution in [3.63, 3.8) is 0 Å². The molecule has 1 amide bonds. The van der Waals surface area contributed by atoms with E-state index in [1.165, 1.54) is 6.07 Å². The molecule has 0 unspecified atom stereocenters. The van der Waals surface area contributed by atoms with Crippen molar-refractivity contribution in [3.8, 4) is 5.75 Å². The van der Waals surface area contributed by atoms with Gasteiger partial charge in [0.15, 0.2) is 0 Å². The maximum absolute atomic E-state index is 11.9. The fourth-order valence-corrected chi connectivity index (χ4v) is 1.54. The fraction of sp³-hybridized carbons (Fsp3) is 0.143. The Hall–Kier alpha value is -2.36. The van der Waals surface area contributed by atoms with Crippen molar-refractivity contribution >= 4 is 11.7 Å². The number of benzene rings is 1. The zero-order valence-corrected chi connectivity index (χ0v) is 10.3. The summed E-state index contributed by atoms with van der Waals surface area (Å²) in [5, 5.41) is 12.2. The van der Waals surface area contributed by atoms with Gasteiger partial charge in [-0.05, 0) is 49.2 Å². The van der Waals surface area contributed by atoms with Crippen LogP contribution >= 0.6 is 0 Å². The number of phenolic OH excluding ortho intramolecular Hbond substituents is 1. The van der Waals surface area contributed by atoms with Crippen LogP contribution in [0.2, 0.25) is 0 Å². The number of carbonyl (C=O) groups is 1. The highest BCUT2D eigenvalue weighted by atomic mass is 16.3. The van der Waals surface area contributed by atoms with Gasteiger partial charge in [-0.25, -0.2) is 4.98 Å². The van der Waals surface area contributed by atoms with Gasteiger partial charge in [-0.15, -0.1) is 0 Å². The number of carbonyl (C=O) groups excluding carboxylic acids is 1. The Labute approximate surface area is 105 Å². The molecule has 0 bridgehead atoms. The first kappa shape index (κ1) is 12.1. The number of aryl methyl sites for hydroxylation is 2. The van der Waals surface area contributed by atoms with Gasteiger partial charge >= 0.3 is 0 Å². The van der Waals surface area contributed by atoms with Crippen LogP contribution in [0.1, 0.15) is 21.5 Å². The van der Waals surface area contributed by atoms with Gasteiger partial charge in [0.25, 0.3) is 5.91 Å². The molecule has 4 nitrogen and oxygen atoms in total. The minimum Gasteiger partial charge on any atom is -0.508 e. The van der Waals surface area contributed by atoms with Crippen molar-refractivity contribution in [1.82, 2.24) is 4.98 Å². The molecule has 0 fully saturated rings. The molecule has 92 valence electrons. The Kier molecular flexibility index (Phi) is 3.28. The van der Waals surface area contributed by atoms with E-state index in [0.29, 0.717) is 11.4 Å². The van der Waals surface area contributed by atoms with E-state index in [1.807, 2.05) is 13.0 Å². The number of hydrogen-bond donors (Lipinski definition) is 2. The minimum atomic E-state index is -0.289. The highest BCUT2D eigenvalue weighted by Gasteiger charge is 2.08. The monoisotopic (exact) mass is 242 g/mol. The summed E-state index contributed by atoms with van der Waals surface area (Å²) in [5.74, 6) is 0.323. The molecule has 0 aliphatic carbocycles. The second kappa shape index (κ2) is 4.87. The Morgan fingerprint density at radius 1 is 1.22 bits per heavy atom.